The highest BCUT2D eigenvalue weighted by atomic mass is 16.6. The summed E-state index contributed by atoms with van der Waals surface area (Å²) in [5.41, 5.74) is 10.5. The molecule has 5 aromatic carbocycles. The molecule has 10 nitrogen and oxygen atoms in total. The lowest BCUT2D eigenvalue weighted by Crippen LogP contribution is -2.25. The molecule has 3 N–H and O–H groups in total. The predicted molar refractivity (Wildman–Crippen MR) is 204 cm³/mol. The van der Waals surface area contributed by atoms with Gasteiger partial charge in [0, 0.05) is 23.4 Å². The highest BCUT2D eigenvalue weighted by Gasteiger charge is 2.23. The number of nitro groups is 1. The van der Waals surface area contributed by atoms with Crippen LogP contribution in [0.25, 0.3) is 22.3 Å². The lowest BCUT2D eigenvalue weighted by atomic mass is 10.0. The van der Waals surface area contributed by atoms with Crippen LogP contribution in [0.4, 0.5) is 17.1 Å². The molecule has 0 saturated carbocycles. The third-order valence-electron chi connectivity index (χ3n) is 7.44. The van der Waals surface area contributed by atoms with E-state index in [0.29, 0.717) is 22.5 Å². The van der Waals surface area contributed by atoms with E-state index in [0.717, 1.165) is 22.3 Å². The van der Waals surface area contributed by atoms with Crippen LogP contribution in [0.2, 0.25) is 0 Å². The van der Waals surface area contributed by atoms with Gasteiger partial charge in [-0.15, -0.1) is 0 Å². The Hall–Kier alpha value is -6.29. The fraction of sp³-hybridized carbons (Fsp3) is 0.214. The number of rotatable bonds is 7. The molecule has 10 heteroatoms. The number of ether oxygens (including phenoxy) is 2. The van der Waals surface area contributed by atoms with E-state index >= 15 is 0 Å². The van der Waals surface area contributed by atoms with Crippen molar-refractivity contribution in [1.29, 1.82) is 0 Å². The van der Waals surface area contributed by atoms with Crippen LogP contribution in [0.1, 0.15) is 78.2 Å². The number of nitrogens with zero attached hydrogens (tertiary/aromatic N) is 1. The second kappa shape index (κ2) is 16.2. The zero-order valence-electron chi connectivity index (χ0n) is 30.4. The molecule has 0 aliphatic carbocycles. The van der Waals surface area contributed by atoms with Crippen molar-refractivity contribution in [1.82, 2.24) is 0 Å². The molecule has 0 spiro atoms. The second-order valence-corrected chi connectivity index (χ2v) is 14.0. The van der Waals surface area contributed by atoms with E-state index < -0.39 is 34.0 Å². The normalized spacial score (nSPS) is 11.1. The monoisotopic (exact) mass is 701 g/mol. The number of carbonyl (C=O) groups is 3. The summed E-state index contributed by atoms with van der Waals surface area (Å²) >= 11 is 0. The van der Waals surface area contributed by atoms with Crippen molar-refractivity contribution in [2.45, 2.75) is 59.7 Å². The molecule has 0 aliphatic heterocycles. The van der Waals surface area contributed by atoms with Gasteiger partial charge in [0.2, 0.25) is 0 Å². The van der Waals surface area contributed by atoms with E-state index in [9.17, 15) is 24.5 Å². The van der Waals surface area contributed by atoms with Gasteiger partial charge in [-0.1, -0.05) is 72.8 Å². The SMILES string of the molecule is CC(C)(C)OC(=O)c1ccc(-c2ccccc2)cc1N.Cc1cc([N+](=O)[O-])ccc1C(=O)Nc1cc(-c2ccccc2)ccc1C(=O)OC(C)(C)C. The Morgan fingerprint density at radius 1 is 0.615 bits per heavy atom. The van der Waals surface area contributed by atoms with Crippen LogP contribution in [0, 0.1) is 17.0 Å². The molecule has 0 atom stereocenters. The number of aryl methyl sites for hydroxylation is 1. The Bertz CT molecular complexity index is 2080. The summed E-state index contributed by atoms with van der Waals surface area (Å²) in [6, 6.07) is 34.0. The quantitative estimate of drug-likeness (QED) is 0.0737. The summed E-state index contributed by atoms with van der Waals surface area (Å²) in [6.45, 7) is 12.4. The minimum atomic E-state index is -0.703. The van der Waals surface area contributed by atoms with Crippen LogP contribution in [0.3, 0.4) is 0 Å². The van der Waals surface area contributed by atoms with E-state index in [1.165, 1.54) is 18.2 Å². The summed E-state index contributed by atoms with van der Waals surface area (Å²) < 4.78 is 10.8. The third kappa shape index (κ3) is 10.6. The lowest BCUT2D eigenvalue weighted by Gasteiger charge is -2.21. The first-order valence-corrected chi connectivity index (χ1v) is 16.6. The van der Waals surface area contributed by atoms with E-state index in [2.05, 4.69) is 5.32 Å². The molecule has 5 aromatic rings. The summed E-state index contributed by atoms with van der Waals surface area (Å²) in [7, 11) is 0. The number of nitro benzene ring substituents is 1. The number of non-ortho nitro benzene ring substituents is 1. The average Bonchev–Trinajstić information content (AvgIpc) is 3.07. The van der Waals surface area contributed by atoms with Crippen LogP contribution in [0.15, 0.2) is 115 Å². The van der Waals surface area contributed by atoms with E-state index in [4.69, 9.17) is 15.2 Å². The Labute approximate surface area is 303 Å². The number of amides is 1. The number of hydrogen-bond donors (Lipinski definition) is 2. The van der Waals surface area contributed by atoms with Crippen molar-refractivity contribution in [3.63, 3.8) is 0 Å². The van der Waals surface area contributed by atoms with E-state index in [1.807, 2.05) is 87.5 Å². The molecule has 5 rings (SSSR count). The smallest absolute Gasteiger partial charge is 0.340 e. The van der Waals surface area contributed by atoms with Crippen molar-refractivity contribution in [2.75, 3.05) is 11.1 Å². The Balaban J connectivity index is 0.000000259. The Kier molecular flexibility index (Phi) is 12.0. The minimum absolute atomic E-state index is 0.0976. The van der Waals surface area contributed by atoms with E-state index in [-0.39, 0.29) is 16.8 Å². The predicted octanol–water partition coefficient (Wildman–Crippen LogP) is 9.67. The van der Waals surface area contributed by atoms with Gasteiger partial charge < -0.3 is 20.5 Å². The molecule has 0 radical (unpaired) electrons. The van der Waals surface area contributed by atoms with Crippen LogP contribution in [-0.4, -0.2) is 34.0 Å². The highest BCUT2D eigenvalue weighted by molar-refractivity contribution is 6.09. The van der Waals surface area contributed by atoms with Crippen molar-refractivity contribution in [3.8, 4) is 22.3 Å². The molecule has 0 aromatic heterocycles. The zero-order valence-corrected chi connectivity index (χ0v) is 30.4. The van der Waals surface area contributed by atoms with Gasteiger partial charge >= 0.3 is 11.9 Å². The Morgan fingerprint density at radius 2 is 1.08 bits per heavy atom. The topological polar surface area (TPSA) is 151 Å². The number of hydrogen-bond acceptors (Lipinski definition) is 8. The number of nitrogens with one attached hydrogen (secondary N) is 1. The summed E-state index contributed by atoms with van der Waals surface area (Å²) in [5, 5.41) is 13.8. The maximum atomic E-state index is 13.0. The van der Waals surface area contributed by atoms with Gasteiger partial charge in [0.25, 0.3) is 11.6 Å². The summed E-state index contributed by atoms with van der Waals surface area (Å²) in [5.74, 6) is -1.44. The van der Waals surface area contributed by atoms with Gasteiger partial charge in [-0.05, 0) is 107 Å². The first-order valence-electron chi connectivity index (χ1n) is 16.6. The molecule has 52 heavy (non-hydrogen) atoms. The molecule has 0 saturated heterocycles. The van der Waals surface area contributed by atoms with Gasteiger partial charge in [0.15, 0.2) is 0 Å². The van der Waals surface area contributed by atoms with Gasteiger partial charge in [-0.2, -0.15) is 0 Å². The van der Waals surface area contributed by atoms with Crippen molar-refractivity contribution in [2.24, 2.45) is 0 Å². The molecule has 0 heterocycles. The van der Waals surface area contributed by atoms with Crippen LogP contribution in [-0.2, 0) is 9.47 Å². The highest BCUT2D eigenvalue weighted by Crippen LogP contribution is 2.29. The number of anilines is 2. The lowest BCUT2D eigenvalue weighted by molar-refractivity contribution is -0.384. The van der Waals surface area contributed by atoms with Gasteiger partial charge in [0.05, 0.1) is 21.7 Å². The largest absolute Gasteiger partial charge is 0.456 e. The summed E-state index contributed by atoms with van der Waals surface area (Å²) in [6.07, 6.45) is 0. The maximum Gasteiger partial charge on any atom is 0.340 e. The fourth-order valence-corrected chi connectivity index (χ4v) is 5.07. The second-order valence-electron chi connectivity index (χ2n) is 14.0. The molecule has 1 amide bonds. The van der Waals surface area contributed by atoms with Crippen LogP contribution < -0.4 is 11.1 Å². The van der Waals surface area contributed by atoms with Gasteiger partial charge in [-0.25, -0.2) is 9.59 Å². The maximum absolute atomic E-state index is 13.0. The number of nitrogen functional groups attached to an aromatic ring is 1. The molecule has 0 bridgehead atoms. The fourth-order valence-electron chi connectivity index (χ4n) is 5.07. The van der Waals surface area contributed by atoms with E-state index in [1.54, 1.807) is 58.0 Å². The first kappa shape index (κ1) is 38.5. The van der Waals surface area contributed by atoms with Crippen LogP contribution >= 0.6 is 0 Å². The number of benzene rings is 5. The average molecular weight is 702 g/mol. The molecule has 0 aliphatic rings. The molecule has 0 unspecified atom stereocenters. The molecule has 268 valence electrons. The number of nitrogens with two attached hydrogens (primary N) is 1. The first-order chi connectivity index (χ1) is 24.4. The molecular formula is C42H43N3O7. The number of esters is 2. The number of carbonyl (C=O) groups excluding carboxylic acids is 3. The summed E-state index contributed by atoms with van der Waals surface area (Å²) in [4.78, 5) is 48.3. The van der Waals surface area contributed by atoms with Gasteiger partial charge in [-0.3, -0.25) is 14.9 Å². The Morgan fingerprint density at radius 3 is 1.54 bits per heavy atom. The standard InChI is InChI=1S/C25H24N2O5.C17H19NO2/c1-16-14-19(27(30)31)11-13-20(16)23(28)26-22-15-18(17-8-6-5-7-9-17)10-12-21(22)24(29)32-25(2,3)4;1-17(2,3)20-16(19)14-10-9-13(11-15(14)18)12-7-5-4-6-8-12/h5-15H,1-4H3,(H,26,28);4-11H,18H2,1-3H3. The van der Waals surface area contributed by atoms with Crippen LogP contribution in [0.5, 0.6) is 0 Å². The van der Waals surface area contributed by atoms with Gasteiger partial charge in [0.1, 0.15) is 11.2 Å². The van der Waals surface area contributed by atoms with Crippen molar-refractivity contribution < 1.29 is 28.8 Å². The van der Waals surface area contributed by atoms with Crippen molar-refractivity contribution in [3.05, 3.63) is 148 Å². The minimum Gasteiger partial charge on any atom is -0.456 e. The zero-order chi connectivity index (χ0) is 38.2. The van der Waals surface area contributed by atoms with Crippen molar-refractivity contribution >= 4 is 34.9 Å². The molecular weight excluding hydrogens is 658 g/mol. The third-order valence-corrected chi connectivity index (χ3v) is 7.44. The molecule has 0 fully saturated rings.